The Kier molecular flexibility index (Phi) is 11.9. The highest BCUT2D eigenvalue weighted by molar-refractivity contribution is 6.30. The molecular formula is C33H40ClN5O6. The number of ether oxygens (including phenoxy) is 1. The molecule has 1 aliphatic heterocycles. The molecule has 3 aromatic rings. The molecule has 12 heteroatoms. The molecule has 0 fully saturated rings. The van der Waals surface area contributed by atoms with Crippen LogP contribution in [0.1, 0.15) is 48.7 Å². The lowest BCUT2D eigenvalue weighted by Gasteiger charge is -2.25. The zero-order chi connectivity index (χ0) is 32.3. The van der Waals surface area contributed by atoms with Crippen LogP contribution in [0, 0.1) is 0 Å². The Balaban J connectivity index is 1.40. The minimum Gasteiger partial charge on any atom is -0.508 e. The molecule has 1 atom stereocenters. The predicted molar refractivity (Wildman–Crippen MR) is 171 cm³/mol. The van der Waals surface area contributed by atoms with Crippen molar-refractivity contribution >= 4 is 35.2 Å². The van der Waals surface area contributed by atoms with Gasteiger partial charge in [-0.15, -0.1) is 0 Å². The standard InChI is InChI=1S/C33H40ClN5O6/c1-22-33(44)38(2)15-3-4-16-39(31(42)13-11-26-10-12-29(37-26)23-6-8-25(34)9-7-23)17-5-14-35-32(43)24-18-27(40)20-28(19-24)45-21-30(41)36-22/h6-10,12,18-20,22,37,40H,3-5,11,13-17,21H2,1-2H3,(H,35,43)(H,36,41)/t22-/m0/s1. The van der Waals surface area contributed by atoms with Crippen molar-refractivity contribution < 1.29 is 29.0 Å². The second-order valence-electron chi connectivity index (χ2n) is 11.2. The number of carbonyl (C=O) groups is 4. The fourth-order valence-electron chi connectivity index (χ4n) is 5.10. The van der Waals surface area contributed by atoms with Gasteiger partial charge in [-0.3, -0.25) is 19.2 Å². The molecule has 11 nitrogen and oxygen atoms in total. The summed E-state index contributed by atoms with van der Waals surface area (Å²) in [7, 11) is 1.68. The molecule has 1 aliphatic rings. The van der Waals surface area contributed by atoms with Crippen LogP contribution in [0.2, 0.25) is 5.02 Å². The molecule has 0 aliphatic carbocycles. The van der Waals surface area contributed by atoms with E-state index in [4.69, 9.17) is 16.3 Å². The fourth-order valence-corrected chi connectivity index (χ4v) is 5.23. The predicted octanol–water partition coefficient (Wildman–Crippen LogP) is 3.76. The number of rotatable bonds is 4. The molecular weight excluding hydrogens is 598 g/mol. The molecule has 1 aromatic heterocycles. The number of halogens is 1. The van der Waals surface area contributed by atoms with Gasteiger partial charge in [-0.05, 0) is 74.6 Å². The van der Waals surface area contributed by atoms with Crippen LogP contribution < -0.4 is 15.4 Å². The SMILES string of the molecule is C[C@@H]1NC(=O)COc2cc(O)cc(c2)C(=O)NCCCN(C(=O)CCc2ccc(-c3ccc(Cl)cc3)[nH]2)CCCCN(C)C1=O. The van der Waals surface area contributed by atoms with Gasteiger partial charge in [0.15, 0.2) is 6.61 Å². The molecule has 2 heterocycles. The van der Waals surface area contributed by atoms with Crippen LogP contribution in [0.3, 0.4) is 0 Å². The van der Waals surface area contributed by atoms with Crippen LogP contribution >= 0.6 is 11.6 Å². The van der Waals surface area contributed by atoms with Crippen LogP contribution in [0.15, 0.2) is 54.6 Å². The van der Waals surface area contributed by atoms with E-state index in [9.17, 15) is 24.3 Å². The van der Waals surface area contributed by atoms with Gasteiger partial charge in [0, 0.05) is 67.7 Å². The number of nitrogens with zero attached hydrogens (tertiary/aromatic N) is 2. The Labute approximate surface area is 267 Å². The maximum atomic E-state index is 13.4. The maximum absolute atomic E-state index is 13.4. The third-order valence-electron chi connectivity index (χ3n) is 7.57. The lowest BCUT2D eigenvalue weighted by molar-refractivity contribution is -0.135. The largest absolute Gasteiger partial charge is 0.508 e. The van der Waals surface area contributed by atoms with E-state index in [0.717, 1.165) is 17.0 Å². The average Bonchev–Trinajstić information content (AvgIpc) is 3.50. The van der Waals surface area contributed by atoms with Gasteiger partial charge in [-0.1, -0.05) is 23.7 Å². The van der Waals surface area contributed by atoms with Gasteiger partial charge >= 0.3 is 0 Å². The van der Waals surface area contributed by atoms with E-state index in [2.05, 4.69) is 15.6 Å². The van der Waals surface area contributed by atoms with E-state index in [1.54, 1.807) is 23.8 Å². The molecule has 0 radical (unpaired) electrons. The summed E-state index contributed by atoms with van der Waals surface area (Å²) >= 11 is 6.01. The Bertz CT molecular complexity index is 1490. The summed E-state index contributed by atoms with van der Waals surface area (Å²) in [5.74, 6) is -1.22. The first kappa shape index (κ1) is 33.4. The number of aromatic amines is 1. The molecule has 2 aromatic carbocycles. The quantitative estimate of drug-likeness (QED) is 0.343. The lowest BCUT2D eigenvalue weighted by Crippen LogP contribution is -2.47. The van der Waals surface area contributed by atoms with Gasteiger partial charge in [-0.25, -0.2) is 0 Å². The highest BCUT2D eigenvalue weighted by atomic mass is 35.5. The first-order valence-corrected chi connectivity index (χ1v) is 15.5. The second kappa shape index (κ2) is 16.0. The third-order valence-corrected chi connectivity index (χ3v) is 7.82. The summed E-state index contributed by atoms with van der Waals surface area (Å²) in [5.41, 5.74) is 3.07. The molecule has 0 spiro atoms. The summed E-state index contributed by atoms with van der Waals surface area (Å²) in [5, 5.41) is 16.2. The molecule has 4 N–H and O–H groups in total. The Morgan fingerprint density at radius 1 is 0.978 bits per heavy atom. The van der Waals surface area contributed by atoms with Crippen molar-refractivity contribution in [2.75, 3.05) is 39.8 Å². The summed E-state index contributed by atoms with van der Waals surface area (Å²) in [6, 6.07) is 14.8. The van der Waals surface area contributed by atoms with Gasteiger partial charge in [0.2, 0.25) is 11.8 Å². The molecule has 45 heavy (non-hydrogen) atoms. The number of benzene rings is 2. The zero-order valence-electron chi connectivity index (χ0n) is 25.6. The second-order valence-corrected chi connectivity index (χ2v) is 11.6. The average molecular weight is 638 g/mol. The van der Waals surface area contributed by atoms with E-state index in [1.165, 1.54) is 18.2 Å². The van der Waals surface area contributed by atoms with Crippen molar-refractivity contribution in [3.8, 4) is 22.8 Å². The number of hydrogen-bond acceptors (Lipinski definition) is 6. The number of amides is 4. The van der Waals surface area contributed by atoms with Crippen LogP contribution in [0.5, 0.6) is 11.5 Å². The first-order chi connectivity index (χ1) is 21.6. The summed E-state index contributed by atoms with van der Waals surface area (Å²) in [4.78, 5) is 58.1. The van der Waals surface area contributed by atoms with Gasteiger partial charge in [0.05, 0.1) is 0 Å². The number of H-pyrrole nitrogens is 1. The number of nitrogens with one attached hydrogen (secondary N) is 3. The van der Waals surface area contributed by atoms with Crippen molar-refractivity contribution in [1.29, 1.82) is 0 Å². The van der Waals surface area contributed by atoms with Crippen LogP contribution in [-0.4, -0.2) is 89.4 Å². The summed E-state index contributed by atoms with van der Waals surface area (Å²) in [6.07, 6.45) is 2.74. The van der Waals surface area contributed by atoms with Gasteiger partial charge in [0.25, 0.3) is 11.8 Å². The Morgan fingerprint density at radius 3 is 2.49 bits per heavy atom. The Hall–Kier alpha value is -4.51. The number of phenols is 1. The number of aryl methyl sites for hydroxylation is 1. The van der Waals surface area contributed by atoms with Crippen molar-refractivity contribution in [1.82, 2.24) is 25.4 Å². The van der Waals surface area contributed by atoms with E-state index in [1.807, 2.05) is 36.4 Å². The molecule has 2 bridgehead atoms. The molecule has 4 rings (SSSR count). The normalized spacial score (nSPS) is 17.7. The number of carbonyl (C=O) groups excluding carboxylic acids is 4. The van der Waals surface area contributed by atoms with Crippen LogP contribution in [0.4, 0.5) is 0 Å². The van der Waals surface area contributed by atoms with Gasteiger partial charge in [0.1, 0.15) is 17.5 Å². The van der Waals surface area contributed by atoms with E-state index in [0.29, 0.717) is 63.3 Å². The fraction of sp³-hybridized carbons (Fsp3) is 0.394. The summed E-state index contributed by atoms with van der Waals surface area (Å²) in [6.45, 7) is 2.95. The third kappa shape index (κ3) is 10.0. The van der Waals surface area contributed by atoms with Gasteiger partial charge in [-0.2, -0.15) is 0 Å². The van der Waals surface area contributed by atoms with E-state index >= 15 is 0 Å². The Morgan fingerprint density at radius 2 is 1.71 bits per heavy atom. The van der Waals surface area contributed by atoms with E-state index < -0.39 is 17.9 Å². The molecule has 0 saturated carbocycles. The smallest absolute Gasteiger partial charge is 0.258 e. The first-order valence-electron chi connectivity index (χ1n) is 15.1. The van der Waals surface area contributed by atoms with E-state index in [-0.39, 0.29) is 35.5 Å². The minimum absolute atomic E-state index is 0.00153. The number of likely N-dealkylation sites (N-methyl/N-ethyl adjacent to an activating group) is 1. The van der Waals surface area contributed by atoms with Crippen molar-refractivity contribution in [2.24, 2.45) is 0 Å². The van der Waals surface area contributed by atoms with Crippen molar-refractivity contribution in [3.63, 3.8) is 0 Å². The number of aromatic hydroxyl groups is 1. The monoisotopic (exact) mass is 637 g/mol. The zero-order valence-corrected chi connectivity index (χ0v) is 26.4. The van der Waals surface area contributed by atoms with Crippen LogP contribution in [-0.2, 0) is 20.8 Å². The number of aromatic nitrogens is 1. The molecule has 240 valence electrons. The number of hydrogen-bond donors (Lipinski definition) is 4. The molecule has 4 amide bonds. The van der Waals surface area contributed by atoms with Crippen molar-refractivity contribution in [3.05, 3.63) is 70.9 Å². The van der Waals surface area contributed by atoms with Crippen molar-refractivity contribution in [2.45, 2.75) is 45.1 Å². The maximum Gasteiger partial charge on any atom is 0.258 e. The minimum atomic E-state index is -0.770. The number of fused-ring (bicyclic) bond motifs is 2. The molecule has 0 unspecified atom stereocenters. The van der Waals surface area contributed by atoms with Gasteiger partial charge < -0.3 is 35.3 Å². The topological polar surface area (TPSA) is 144 Å². The lowest BCUT2D eigenvalue weighted by atomic mass is 10.1. The molecule has 0 saturated heterocycles. The highest BCUT2D eigenvalue weighted by Gasteiger charge is 2.21. The summed E-state index contributed by atoms with van der Waals surface area (Å²) < 4.78 is 5.48. The van der Waals surface area contributed by atoms with Crippen LogP contribution in [0.25, 0.3) is 11.3 Å². The highest BCUT2D eigenvalue weighted by Crippen LogP contribution is 2.23. The number of phenolic OH excluding ortho intramolecular Hbond substituents is 1.